The fourth-order valence-electron chi connectivity index (χ4n) is 2.86. The summed E-state index contributed by atoms with van der Waals surface area (Å²) >= 11 is 0. The molecule has 1 aromatic heterocycles. The highest BCUT2D eigenvalue weighted by molar-refractivity contribution is 7.93. The van der Waals surface area contributed by atoms with Crippen LogP contribution in [0.3, 0.4) is 0 Å². The summed E-state index contributed by atoms with van der Waals surface area (Å²) in [5.74, 6) is 0. The monoisotopic (exact) mass is 417 g/mol. The quantitative estimate of drug-likeness (QED) is 0.642. The molecule has 0 bridgehead atoms. The molecule has 0 aliphatic heterocycles. The second-order valence-electron chi connectivity index (χ2n) is 6.87. The number of anilines is 1. The molecule has 1 saturated carbocycles. The van der Waals surface area contributed by atoms with Crippen LogP contribution in [0.2, 0.25) is 0 Å². The Hall–Kier alpha value is -2.49. The van der Waals surface area contributed by atoms with Gasteiger partial charge in [0.1, 0.15) is 4.90 Å². The average Bonchev–Trinajstić information content (AvgIpc) is 3.44. The van der Waals surface area contributed by atoms with Crippen LogP contribution in [0.5, 0.6) is 0 Å². The van der Waals surface area contributed by atoms with Crippen molar-refractivity contribution in [3.05, 3.63) is 60.3 Å². The van der Waals surface area contributed by atoms with E-state index in [1.54, 1.807) is 18.3 Å². The van der Waals surface area contributed by atoms with Crippen LogP contribution in [0, 0.1) is 6.92 Å². The normalized spacial score (nSPS) is 14.9. The Morgan fingerprint density at radius 2 is 1.68 bits per heavy atom. The van der Waals surface area contributed by atoms with Crippen molar-refractivity contribution >= 4 is 36.6 Å². The van der Waals surface area contributed by atoms with Gasteiger partial charge in [0.15, 0.2) is 0 Å². The predicted molar refractivity (Wildman–Crippen MR) is 107 cm³/mol. The molecule has 2 aromatic carbocycles. The zero-order valence-electron chi connectivity index (χ0n) is 15.1. The van der Waals surface area contributed by atoms with Gasteiger partial charge in [-0.05, 0) is 61.7 Å². The molecule has 0 saturated heterocycles. The van der Waals surface area contributed by atoms with Gasteiger partial charge in [0.2, 0.25) is 10.0 Å². The third-order valence-electron chi connectivity index (χ3n) is 4.42. The van der Waals surface area contributed by atoms with Crippen molar-refractivity contribution in [1.82, 2.24) is 9.71 Å². The SMILES string of the molecule is Cc1cnc2c(S(=O)(=O)Nc3ccc(S(=O)(=O)NC4CC4)cc3)cccc2c1. The van der Waals surface area contributed by atoms with Crippen LogP contribution in [-0.4, -0.2) is 27.9 Å². The number of aromatic nitrogens is 1. The minimum atomic E-state index is -3.89. The number of hydrogen-bond acceptors (Lipinski definition) is 5. The minimum absolute atomic E-state index is 0.00526. The topological polar surface area (TPSA) is 105 Å². The summed E-state index contributed by atoms with van der Waals surface area (Å²) in [6.45, 7) is 1.89. The summed E-state index contributed by atoms with van der Waals surface area (Å²) in [6, 6.07) is 12.5. The molecule has 2 N–H and O–H groups in total. The lowest BCUT2D eigenvalue weighted by Crippen LogP contribution is -2.25. The number of para-hydroxylation sites is 1. The fourth-order valence-corrected chi connectivity index (χ4v) is 5.40. The van der Waals surface area contributed by atoms with Crippen LogP contribution in [-0.2, 0) is 20.0 Å². The van der Waals surface area contributed by atoms with Crippen molar-refractivity contribution < 1.29 is 16.8 Å². The fraction of sp³-hybridized carbons (Fsp3) is 0.211. The first-order chi connectivity index (χ1) is 13.2. The van der Waals surface area contributed by atoms with E-state index >= 15 is 0 Å². The highest BCUT2D eigenvalue weighted by Gasteiger charge is 2.28. The minimum Gasteiger partial charge on any atom is -0.280 e. The van der Waals surface area contributed by atoms with Gasteiger partial charge in [-0.15, -0.1) is 0 Å². The van der Waals surface area contributed by atoms with Crippen molar-refractivity contribution in [2.24, 2.45) is 0 Å². The predicted octanol–water partition coefficient (Wildman–Crippen LogP) is 2.78. The third-order valence-corrected chi connectivity index (χ3v) is 7.37. The zero-order valence-corrected chi connectivity index (χ0v) is 16.7. The Balaban J connectivity index is 1.62. The van der Waals surface area contributed by atoms with E-state index < -0.39 is 20.0 Å². The van der Waals surface area contributed by atoms with Crippen LogP contribution in [0.25, 0.3) is 10.9 Å². The van der Waals surface area contributed by atoms with E-state index in [0.717, 1.165) is 23.8 Å². The number of fused-ring (bicyclic) bond motifs is 1. The maximum absolute atomic E-state index is 12.9. The molecule has 1 aliphatic rings. The van der Waals surface area contributed by atoms with E-state index in [4.69, 9.17) is 0 Å². The summed E-state index contributed by atoms with van der Waals surface area (Å²) in [6.07, 6.45) is 3.30. The van der Waals surface area contributed by atoms with E-state index in [0.29, 0.717) is 5.52 Å². The lowest BCUT2D eigenvalue weighted by molar-refractivity contribution is 0.581. The molecular weight excluding hydrogens is 398 g/mol. The molecule has 0 amide bonds. The van der Waals surface area contributed by atoms with Gasteiger partial charge in [-0.25, -0.2) is 21.6 Å². The number of pyridine rings is 1. The van der Waals surface area contributed by atoms with Gasteiger partial charge in [0.05, 0.1) is 10.4 Å². The Labute approximate surface area is 163 Å². The first-order valence-corrected chi connectivity index (χ1v) is 11.7. The van der Waals surface area contributed by atoms with E-state index in [-0.39, 0.29) is 21.5 Å². The van der Waals surface area contributed by atoms with Crippen molar-refractivity contribution in [3.63, 3.8) is 0 Å². The van der Waals surface area contributed by atoms with Gasteiger partial charge >= 0.3 is 0 Å². The Morgan fingerprint density at radius 1 is 0.964 bits per heavy atom. The van der Waals surface area contributed by atoms with E-state index in [9.17, 15) is 16.8 Å². The van der Waals surface area contributed by atoms with Crippen LogP contribution in [0.1, 0.15) is 18.4 Å². The maximum atomic E-state index is 12.9. The summed E-state index contributed by atoms with van der Waals surface area (Å²) in [4.78, 5) is 4.43. The molecule has 1 heterocycles. The number of hydrogen-bond donors (Lipinski definition) is 2. The molecule has 0 atom stereocenters. The highest BCUT2D eigenvalue weighted by Crippen LogP contribution is 2.26. The second kappa shape index (κ2) is 6.84. The molecule has 1 aliphatic carbocycles. The summed E-state index contributed by atoms with van der Waals surface area (Å²) < 4.78 is 55.2. The molecule has 28 heavy (non-hydrogen) atoms. The highest BCUT2D eigenvalue weighted by atomic mass is 32.2. The molecule has 3 aromatic rings. The Kier molecular flexibility index (Phi) is 4.60. The van der Waals surface area contributed by atoms with Gasteiger partial charge in [-0.3, -0.25) is 9.71 Å². The molecule has 4 rings (SSSR count). The summed E-state index contributed by atoms with van der Waals surface area (Å²) in [7, 11) is -7.47. The molecule has 7 nitrogen and oxygen atoms in total. The Bertz CT molecular complexity index is 1250. The standard InChI is InChI=1S/C19H19N3O4S2/c1-13-11-14-3-2-4-18(19(14)20-12-13)28(25,26)22-16-7-9-17(10-8-16)27(23,24)21-15-5-6-15/h2-4,7-12,15,21-22H,5-6H2,1H3. The van der Waals surface area contributed by atoms with Gasteiger partial charge in [0.25, 0.3) is 10.0 Å². The second-order valence-corrected chi connectivity index (χ2v) is 10.2. The lowest BCUT2D eigenvalue weighted by atomic mass is 10.2. The Morgan fingerprint density at radius 3 is 2.36 bits per heavy atom. The number of nitrogens with one attached hydrogen (secondary N) is 2. The lowest BCUT2D eigenvalue weighted by Gasteiger charge is -2.11. The number of sulfonamides is 2. The first-order valence-electron chi connectivity index (χ1n) is 8.75. The largest absolute Gasteiger partial charge is 0.280 e. The summed E-state index contributed by atoms with van der Waals surface area (Å²) in [5.41, 5.74) is 1.59. The van der Waals surface area contributed by atoms with Crippen molar-refractivity contribution in [3.8, 4) is 0 Å². The molecule has 0 unspecified atom stereocenters. The maximum Gasteiger partial charge on any atom is 0.264 e. The van der Waals surface area contributed by atoms with Crippen LogP contribution in [0.4, 0.5) is 5.69 Å². The molecule has 0 spiro atoms. The van der Waals surface area contributed by atoms with Gasteiger partial charge in [-0.2, -0.15) is 0 Å². The molecule has 1 fully saturated rings. The number of nitrogens with zero attached hydrogens (tertiary/aromatic N) is 1. The van der Waals surface area contributed by atoms with E-state index in [1.807, 2.05) is 13.0 Å². The molecule has 146 valence electrons. The van der Waals surface area contributed by atoms with Gasteiger partial charge in [0, 0.05) is 23.3 Å². The smallest absolute Gasteiger partial charge is 0.264 e. The van der Waals surface area contributed by atoms with Crippen LogP contribution in [0.15, 0.2) is 64.5 Å². The molecule has 9 heteroatoms. The van der Waals surface area contributed by atoms with Gasteiger partial charge < -0.3 is 0 Å². The van der Waals surface area contributed by atoms with E-state index in [1.165, 1.54) is 30.3 Å². The third kappa shape index (κ3) is 3.87. The van der Waals surface area contributed by atoms with Crippen molar-refractivity contribution in [1.29, 1.82) is 0 Å². The first kappa shape index (κ1) is 18.9. The zero-order chi connectivity index (χ0) is 19.9. The van der Waals surface area contributed by atoms with E-state index in [2.05, 4.69) is 14.4 Å². The van der Waals surface area contributed by atoms with Gasteiger partial charge in [-0.1, -0.05) is 12.1 Å². The number of aryl methyl sites for hydroxylation is 1. The van der Waals surface area contributed by atoms with Crippen LogP contribution >= 0.6 is 0 Å². The number of benzene rings is 2. The number of rotatable bonds is 6. The average molecular weight is 418 g/mol. The molecular formula is C19H19N3O4S2. The van der Waals surface area contributed by atoms with Crippen molar-refractivity contribution in [2.75, 3.05) is 4.72 Å². The molecule has 0 radical (unpaired) electrons. The van der Waals surface area contributed by atoms with Crippen LogP contribution < -0.4 is 9.44 Å². The van der Waals surface area contributed by atoms with Crippen molar-refractivity contribution in [2.45, 2.75) is 35.6 Å². The summed E-state index contributed by atoms with van der Waals surface area (Å²) in [5, 5.41) is 0.732.